The monoisotopic (exact) mass is 429 g/mol. The van der Waals surface area contributed by atoms with Crippen LogP contribution in [0.2, 0.25) is 0 Å². The van der Waals surface area contributed by atoms with E-state index in [0.717, 1.165) is 0 Å². The van der Waals surface area contributed by atoms with Gasteiger partial charge in [0, 0.05) is 0 Å². The van der Waals surface area contributed by atoms with Crippen LogP contribution in [0.25, 0.3) is 0 Å². The highest BCUT2D eigenvalue weighted by atomic mass is 32.3. The Bertz CT molecular complexity index is 812. The molecule has 0 radical (unpaired) electrons. The summed E-state index contributed by atoms with van der Waals surface area (Å²) in [4.78, 5) is 0. The van der Waals surface area contributed by atoms with Gasteiger partial charge in [-0.05, 0) is 5.56 Å². The fourth-order valence-electron chi connectivity index (χ4n) is 2.49. The Balaban J connectivity index is 2.18. The van der Waals surface area contributed by atoms with Crippen molar-refractivity contribution >= 4 is 20.7 Å². The first-order valence-electron chi connectivity index (χ1n) is 7.50. The van der Waals surface area contributed by atoms with Crippen LogP contribution in [0.4, 0.5) is 0 Å². The van der Waals surface area contributed by atoms with Crippen molar-refractivity contribution in [3.8, 4) is 0 Å². The fraction of sp³-hybridized carbons (Fsp3) is 0.538. The number of nitrogens with one attached hydrogen (secondary N) is 1. The van der Waals surface area contributed by atoms with Crippen LogP contribution in [0.1, 0.15) is 5.56 Å². The van der Waals surface area contributed by atoms with Gasteiger partial charge in [0.25, 0.3) is 0 Å². The summed E-state index contributed by atoms with van der Waals surface area (Å²) in [5.74, 6) is 0. The molecule has 1 aliphatic rings. The van der Waals surface area contributed by atoms with Crippen LogP contribution in [-0.4, -0.2) is 73.4 Å². The van der Waals surface area contributed by atoms with E-state index >= 15 is 0 Å². The second-order valence-electron chi connectivity index (χ2n) is 5.65. The van der Waals surface area contributed by atoms with Crippen molar-refractivity contribution in [1.82, 2.24) is 4.72 Å². The van der Waals surface area contributed by atoms with Gasteiger partial charge in [0.05, 0.1) is 13.2 Å². The predicted molar refractivity (Wildman–Crippen MR) is 87.9 cm³/mol. The third-order valence-electron chi connectivity index (χ3n) is 3.64. The number of aliphatic hydroxyl groups excluding tert-OH is 2. The summed E-state index contributed by atoms with van der Waals surface area (Å²) in [6, 6.07) is 6.89. The number of rotatable bonds is 8. The van der Waals surface area contributed by atoms with Gasteiger partial charge in [-0.2, -0.15) is 21.6 Å². The SMILES string of the molecule is O=S(=O)(O)N[C@@H]1[C@@H](O)[C@H](OCc2ccccc2)[C@@H](COS(=O)(=O)O)O[C@H]1O. The van der Waals surface area contributed by atoms with Crippen LogP contribution in [0.5, 0.6) is 0 Å². The Hall–Kier alpha value is -1.20. The molecule has 0 aromatic heterocycles. The maximum Gasteiger partial charge on any atom is 0.397 e. The maximum atomic E-state index is 11.0. The van der Waals surface area contributed by atoms with Crippen LogP contribution >= 0.6 is 0 Å². The first kappa shape index (κ1) is 22.1. The topological polar surface area (TPSA) is 189 Å². The molecule has 5 atom stereocenters. The standard InChI is InChI=1S/C13H19NO11S2/c15-11-10(14-26(17,18)19)13(16)25-9(7-24-27(20,21)22)12(11)23-6-8-4-2-1-3-5-8/h1-5,9-16H,6-7H2,(H,17,18,19)(H,20,21,22)/t9-,10-,11-,12-,13-/m1/s1. The molecule has 1 aliphatic heterocycles. The molecule has 0 bridgehead atoms. The van der Waals surface area contributed by atoms with Crippen molar-refractivity contribution in [2.24, 2.45) is 0 Å². The van der Waals surface area contributed by atoms with Gasteiger partial charge < -0.3 is 19.7 Å². The zero-order chi connectivity index (χ0) is 20.2. The lowest BCUT2D eigenvalue weighted by Crippen LogP contribution is -2.64. The largest absolute Gasteiger partial charge is 0.397 e. The lowest BCUT2D eigenvalue weighted by molar-refractivity contribution is -0.261. The van der Waals surface area contributed by atoms with E-state index in [9.17, 15) is 27.0 Å². The average Bonchev–Trinajstić information content (AvgIpc) is 2.55. The predicted octanol–water partition coefficient (Wildman–Crippen LogP) is -1.77. The summed E-state index contributed by atoms with van der Waals surface area (Å²) in [5.41, 5.74) is 0.671. The third-order valence-corrected chi connectivity index (χ3v) is 4.65. The van der Waals surface area contributed by atoms with Crippen LogP contribution in [0.3, 0.4) is 0 Å². The smallest absolute Gasteiger partial charge is 0.388 e. The first-order valence-corrected chi connectivity index (χ1v) is 10.3. The molecule has 1 saturated heterocycles. The number of aliphatic hydroxyl groups is 2. The number of hydrogen-bond donors (Lipinski definition) is 5. The number of hydrogen-bond acceptors (Lipinski definition) is 9. The Kier molecular flexibility index (Phi) is 7.26. The summed E-state index contributed by atoms with van der Waals surface area (Å²) in [6.45, 7) is -0.909. The highest BCUT2D eigenvalue weighted by molar-refractivity contribution is 7.83. The molecule has 14 heteroatoms. The molecule has 1 heterocycles. The molecule has 0 amide bonds. The molecule has 154 valence electrons. The maximum absolute atomic E-state index is 11.0. The minimum Gasteiger partial charge on any atom is -0.388 e. The Morgan fingerprint density at radius 2 is 1.70 bits per heavy atom. The Labute approximate surface area is 155 Å². The quantitative estimate of drug-likeness (QED) is 0.294. The molecular weight excluding hydrogens is 410 g/mol. The van der Waals surface area contributed by atoms with Gasteiger partial charge in [-0.3, -0.25) is 9.11 Å². The molecule has 5 N–H and O–H groups in total. The molecule has 1 fully saturated rings. The fourth-order valence-corrected chi connectivity index (χ4v) is 3.40. The summed E-state index contributed by atoms with van der Waals surface area (Å²) in [5, 5.41) is 20.2. The Morgan fingerprint density at radius 3 is 2.26 bits per heavy atom. The van der Waals surface area contributed by atoms with Gasteiger partial charge in [-0.25, -0.2) is 4.18 Å². The number of benzene rings is 1. The van der Waals surface area contributed by atoms with Crippen LogP contribution in [-0.2, 0) is 41.0 Å². The highest BCUT2D eigenvalue weighted by Gasteiger charge is 2.47. The van der Waals surface area contributed by atoms with Gasteiger partial charge in [-0.15, -0.1) is 0 Å². The Morgan fingerprint density at radius 1 is 1.07 bits per heavy atom. The summed E-state index contributed by atoms with van der Waals surface area (Å²) in [7, 11) is -9.65. The molecule has 1 aromatic carbocycles. The minimum absolute atomic E-state index is 0.0804. The molecule has 0 spiro atoms. The summed E-state index contributed by atoms with van der Waals surface area (Å²) >= 11 is 0. The van der Waals surface area contributed by atoms with Crippen molar-refractivity contribution in [3.63, 3.8) is 0 Å². The molecular formula is C13H19NO11S2. The molecule has 1 aromatic rings. The average molecular weight is 429 g/mol. The van der Waals surface area contributed by atoms with E-state index in [2.05, 4.69) is 4.18 Å². The van der Waals surface area contributed by atoms with Crippen molar-refractivity contribution in [3.05, 3.63) is 35.9 Å². The molecule has 0 unspecified atom stereocenters. The summed E-state index contributed by atoms with van der Waals surface area (Å²) in [6.07, 6.45) is -6.49. The normalized spacial score (nSPS) is 29.6. The number of ether oxygens (including phenoxy) is 2. The first-order chi connectivity index (χ1) is 12.5. The van der Waals surface area contributed by atoms with Crippen LogP contribution in [0, 0.1) is 0 Å². The molecule has 12 nitrogen and oxygen atoms in total. The van der Waals surface area contributed by atoms with Crippen molar-refractivity contribution in [1.29, 1.82) is 0 Å². The van der Waals surface area contributed by atoms with Gasteiger partial charge in [0.2, 0.25) is 0 Å². The van der Waals surface area contributed by atoms with E-state index in [4.69, 9.17) is 18.6 Å². The van der Waals surface area contributed by atoms with E-state index in [1.54, 1.807) is 35.1 Å². The lowest BCUT2D eigenvalue weighted by Gasteiger charge is -2.42. The second-order valence-corrected chi connectivity index (χ2v) is 7.92. The highest BCUT2D eigenvalue weighted by Crippen LogP contribution is 2.24. The molecule has 27 heavy (non-hydrogen) atoms. The van der Waals surface area contributed by atoms with Crippen molar-refractivity contribution in [2.45, 2.75) is 37.3 Å². The third kappa shape index (κ3) is 7.04. The van der Waals surface area contributed by atoms with Gasteiger partial charge in [0.15, 0.2) is 6.29 Å². The van der Waals surface area contributed by atoms with E-state index in [-0.39, 0.29) is 6.61 Å². The van der Waals surface area contributed by atoms with E-state index in [1.807, 2.05) is 0 Å². The molecule has 2 rings (SSSR count). The van der Waals surface area contributed by atoms with E-state index in [0.29, 0.717) is 5.56 Å². The second kappa shape index (κ2) is 8.87. The van der Waals surface area contributed by atoms with Gasteiger partial charge >= 0.3 is 20.7 Å². The summed E-state index contributed by atoms with van der Waals surface area (Å²) < 4.78 is 77.4. The van der Waals surface area contributed by atoms with Crippen LogP contribution < -0.4 is 4.72 Å². The van der Waals surface area contributed by atoms with Gasteiger partial charge in [-0.1, -0.05) is 30.3 Å². The van der Waals surface area contributed by atoms with Crippen molar-refractivity contribution < 1.29 is 49.8 Å². The van der Waals surface area contributed by atoms with E-state index < -0.39 is 58.0 Å². The molecule has 0 saturated carbocycles. The van der Waals surface area contributed by atoms with Crippen LogP contribution in [0.15, 0.2) is 30.3 Å². The van der Waals surface area contributed by atoms with E-state index in [1.165, 1.54) is 0 Å². The molecule has 0 aliphatic carbocycles. The minimum atomic E-state index is -4.84. The zero-order valence-electron chi connectivity index (χ0n) is 13.7. The van der Waals surface area contributed by atoms with Gasteiger partial charge in [0.1, 0.15) is 24.4 Å². The van der Waals surface area contributed by atoms with Crippen molar-refractivity contribution in [2.75, 3.05) is 6.61 Å². The zero-order valence-corrected chi connectivity index (χ0v) is 15.3. The lowest BCUT2D eigenvalue weighted by atomic mass is 9.97.